The fraction of sp³-hybridized carbons (Fsp3) is 0.318. The molecule has 1 aromatic heterocycles. The van der Waals surface area contributed by atoms with Crippen LogP contribution in [0.15, 0.2) is 67.3 Å². The van der Waals surface area contributed by atoms with Gasteiger partial charge in [-0.3, -0.25) is 0 Å². The molecule has 0 aliphatic rings. The van der Waals surface area contributed by atoms with Gasteiger partial charge in [0.25, 0.3) is 0 Å². The molecule has 0 radical (unpaired) electrons. The Bertz CT molecular complexity index is 759. The van der Waals surface area contributed by atoms with Gasteiger partial charge in [0.05, 0.1) is 6.33 Å². The SMILES string of the molecule is Cc1ccc(C(CCn2ccnc2)Oc2ccc(C(C)C)cc2)cc1. The summed E-state index contributed by atoms with van der Waals surface area (Å²) >= 11 is 0. The molecule has 3 aromatic rings. The first-order valence-electron chi connectivity index (χ1n) is 8.91. The van der Waals surface area contributed by atoms with E-state index >= 15 is 0 Å². The van der Waals surface area contributed by atoms with E-state index in [1.165, 1.54) is 16.7 Å². The minimum Gasteiger partial charge on any atom is -0.486 e. The molecule has 3 heteroatoms. The Morgan fingerprint density at radius 2 is 1.64 bits per heavy atom. The molecule has 0 saturated heterocycles. The minimum absolute atomic E-state index is 0.0212. The molecule has 0 N–H and O–H groups in total. The lowest BCUT2D eigenvalue weighted by molar-refractivity contribution is 0.188. The van der Waals surface area contributed by atoms with Crippen molar-refractivity contribution >= 4 is 0 Å². The quantitative estimate of drug-likeness (QED) is 0.568. The van der Waals surface area contributed by atoms with Crippen LogP contribution in [0.1, 0.15) is 49.0 Å². The van der Waals surface area contributed by atoms with Crippen molar-refractivity contribution < 1.29 is 4.74 Å². The summed E-state index contributed by atoms with van der Waals surface area (Å²) in [4.78, 5) is 4.12. The number of ether oxygens (including phenoxy) is 1. The first kappa shape index (κ1) is 17.3. The van der Waals surface area contributed by atoms with E-state index in [0.29, 0.717) is 5.92 Å². The highest BCUT2D eigenvalue weighted by Gasteiger charge is 2.14. The van der Waals surface area contributed by atoms with Crippen molar-refractivity contribution in [2.24, 2.45) is 0 Å². The van der Waals surface area contributed by atoms with Crippen LogP contribution in [0.4, 0.5) is 0 Å². The highest BCUT2D eigenvalue weighted by molar-refractivity contribution is 5.30. The van der Waals surface area contributed by atoms with Gasteiger partial charge in [-0.2, -0.15) is 0 Å². The number of aryl methyl sites for hydroxylation is 2. The zero-order valence-corrected chi connectivity index (χ0v) is 15.2. The molecule has 0 spiro atoms. The number of imidazole rings is 1. The summed E-state index contributed by atoms with van der Waals surface area (Å²) in [6.07, 6.45) is 6.57. The van der Waals surface area contributed by atoms with Crippen molar-refractivity contribution in [3.8, 4) is 5.75 Å². The lowest BCUT2D eigenvalue weighted by Gasteiger charge is -2.20. The van der Waals surface area contributed by atoms with Crippen LogP contribution in [-0.2, 0) is 6.54 Å². The summed E-state index contributed by atoms with van der Waals surface area (Å²) in [6, 6.07) is 17.1. The molecule has 3 rings (SSSR count). The average molecular weight is 334 g/mol. The van der Waals surface area contributed by atoms with Crippen LogP contribution in [0.25, 0.3) is 0 Å². The number of benzene rings is 2. The zero-order valence-electron chi connectivity index (χ0n) is 15.2. The summed E-state index contributed by atoms with van der Waals surface area (Å²) < 4.78 is 8.43. The molecule has 1 unspecified atom stereocenters. The Kier molecular flexibility index (Phi) is 5.54. The molecular weight excluding hydrogens is 308 g/mol. The van der Waals surface area contributed by atoms with Crippen LogP contribution in [0, 0.1) is 6.92 Å². The molecule has 0 amide bonds. The van der Waals surface area contributed by atoms with Gasteiger partial charge >= 0.3 is 0 Å². The maximum atomic E-state index is 6.34. The lowest BCUT2D eigenvalue weighted by Crippen LogP contribution is -2.11. The maximum absolute atomic E-state index is 6.34. The number of aromatic nitrogens is 2. The normalized spacial score (nSPS) is 12.3. The van der Waals surface area contributed by atoms with Gasteiger partial charge in [-0.1, -0.05) is 55.8 Å². The predicted octanol–water partition coefficient (Wildman–Crippen LogP) is 5.53. The molecule has 0 bridgehead atoms. The third-order valence-corrected chi connectivity index (χ3v) is 4.48. The van der Waals surface area contributed by atoms with Crippen LogP contribution >= 0.6 is 0 Å². The third-order valence-electron chi connectivity index (χ3n) is 4.48. The molecular formula is C22H26N2O. The van der Waals surface area contributed by atoms with Gasteiger partial charge in [-0.25, -0.2) is 4.98 Å². The van der Waals surface area contributed by atoms with Crippen molar-refractivity contribution in [1.82, 2.24) is 9.55 Å². The largest absolute Gasteiger partial charge is 0.486 e. The molecule has 130 valence electrons. The topological polar surface area (TPSA) is 27.1 Å². The summed E-state index contributed by atoms with van der Waals surface area (Å²) in [5.41, 5.74) is 3.80. The fourth-order valence-corrected chi connectivity index (χ4v) is 2.86. The molecule has 2 aromatic carbocycles. The van der Waals surface area contributed by atoms with Crippen molar-refractivity contribution in [2.45, 2.75) is 45.8 Å². The highest BCUT2D eigenvalue weighted by Crippen LogP contribution is 2.27. The van der Waals surface area contributed by atoms with Crippen LogP contribution in [0.5, 0.6) is 5.75 Å². The summed E-state index contributed by atoms with van der Waals surface area (Å²) in [6.45, 7) is 7.39. The van der Waals surface area contributed by atoms with Gasteiger partial charge in [0, 0.05) is 25.4 Å². The second-order valence-corrected chi connectivity index (χ2v) is 6.83. The first-order valence-corrected chi connectivity index (χ1v) is 8.91. The average Bonchev–Trinajstić information content (AvgIpc) is 3.13. The van der Waals surface area contributed by atoms with E-state index in [1.807, 2.05) is 18.7 Å². The molecule has 25 heavy (non-hydrogen) atoms. The van der Waals surface area contributed by atoms with Gasteiger partial charge < -0.3 is 9.30 Å². The molecule has 1 atom stereocenters. The predicted molar refractivity (Wildman–Crippen MR) is 102 cm³/mol. The Balaban J connectivity index is 1.76. The number of nitrogens with zero attached hydrogens (tertiary/aromatic N) is 2. The standard InChI is InChI=1S/C22H26N2O/c1-17(2)19-8-10-21(11-9-19)25-22(12-14-24-15-13-23-16-24)20-6-4-18(3)5-7-20/h4-11,13,15-17,22H,12,14H2,1-3H3. The van der Waals surface area contributed by atoms with Crippen molar-refractivity contribution in [3.05, 3.63) is 83.9 Å². The van der Waals surface area contributed by atoms with E-state index in [9.17, 15) is 0 Å². The van der Waals surface area contributed by atoms with Gasteiger partial charge in [0.1, 0.15) is 11.9 Å². The van der Waals surface area contributed by atoms with Crippen LogP contribution in [-0.4, -0.2) is 9.55 Å². The lowest BCUT2D eigenvalue weighted by atomic mass is 10.0. The van der Waals surface area contributed by atoms with Crippen molar-refractivity contribution in [3.63, 3.8) is 0 Å². The maximum Gasteiger partial charge on any atom is 0.125 e. The van der Waals surface area contributed by atoms with E-state index in [1.54, 1.807) is 0 Å². The van der Waals surface area contributed by atoms with Crippen LogP contribution in [0.2, 0.25) is 0 Å². The fourth-order valence-electron chi connectivity index (χ4n) is 2.86. The van der Waals surface area contributed by atoms with E-state index in [4.69, 9.17) is 4.74 Å². The second kappa shape index (κ2) is 8.02. The van der Waals surface area contributed by atoms with Crippen molar-refractivity contribution in [1.29, 1.82) is 0 Å². The molecule has 0 aliphatic carbocycles. The second-order valence-electron chi connectivity index (χ2n) is 6.83. The molecule has 0 aliphatic heterocycles. The molecule has 1 heterocycles. The van der Waals surface area contributed by atoms with E-state index in [2.05, 4.69) is 78.9 Å². The molecule has 0 saturated carbocycles. The van der Waals surface area contributed by atoms with Crippen molar-refractivity contribution in [2.75, 3.05) is 0 Å². The smallest absolute Gasteiger partial charge is 0.125 e. The van der Waals surface area contributed by atoms with E-state index in [0.717, 1.165) is 18.7 Å². The Labute approximate surface area is 150 Å². The number of rotatable bonds is 7. The molecule has 3 nitrogen and oxygen atoms in total. The highest BCUT2D eigenvalue weighted by atomic mass is 16.5. The first-order chi connectivity index (χ1) is 12.1. The van der Waals surface area contributed by atoms with Gasteiger partial charge in [-0.05, 0) is 36.1 Å². The summed E-state index contributed by atoms with van der Waals surface area (Å²) in [5, 5.41) is 0. The number of hydrogen-bond donors (Lipinski definition) is 0. The van der Waals surface area contributed by atoms with Crippen LogP contribution in [0.3, 0.4) is 0 Å². The third kappa shape index (κ3) is 4.72. The van der Waals surface area contributed by atoms with Gasteiger partial charge in [-0.15, -0.1) is 0 Å². The molecule has 0 fully saturated rings. The van der Waals surface area contributed by atoms with E-state index in [-0.39, 0.29) is 6.10 Å². The zero-order chi connectivity index (χ0) is 17.6. The summed E-state index contributed by atoms with van der Waals surface area (Å²) in [7, 11) is 0. The van der Waals surface area contributed by atoms with Crippen LogP contribution < -0.4 is 4.74 Å². The summed E-state index contributed by atoms with van der Waals surface area (Å²) in [5.74, 6) is 1.45. The van der Waals surface area contributed by atoms with Gasteiger partial charge in [0.2, 0.25) is 0 Å². The Morgan fingerprint density at radius 3 is 2.24 bits per heavy atom. The minimum atomic E-state index is 0.0212. The Morgan fingerprint density at radius 1 is 0.960 bits per heavy atom. The Hall–Kier alpha value is -2.55. The number of hydrogen-bond acceptors (Lipinski definition) is 2. The monoisotopic (exact) mass is 334 g/mol. The van der Waals surface area contributed by atoms with E-state index < -0.39 is 0 Å². The van der Waals surface area contributed by atoms with Gasteiger partial charge in [0.15, 0.2) is 0 Å².